The van der Waals surface area contributed by atoms with Crippen LogP contribution in [0.5, 0.6) is 0 Å². The lowest BCUT2D eigenvalue weighted by molar-refractivity contribution is 0.0739. The lowest BCUT2D eigenvalue weighted by Gasteiger charge is -2.29. The average molecular weight is 321 g/mol. The van der Waals surface area contributed by atoms with E-state index >= 15 is 0 Å². The summed E-state index contributed by atoms with van der Waals surface area (Å²) < 4.78 is 10.4. The van der Waals surface area contributed by atoms with Crippen LogP contribution in [-0.2, 0) is 9.47 Å². The Morgan fingerprint density at radius 1 is 0.913 bits per heavy atom. The van der Waals surface area contributed by atoms with Gasteiger partial charge in [0.05, 0.1) is 12.5 Å². The van der Waals surface area contributed by atoms with E-state index in [0.717, 1.165) is 5.69 Å². The second-order valence-electron chi connectivity index (χ2n) is 5.15. The van der Waals surface area contributed by atoms with Gasteiger partial charge in [0.1, 0.15) is 25.4 Å². The van der Waals surface area contributed by atoms with Gasteiger partial charge in [-0.05, 0) is 26.0 Å². The number of anilines is 1. The van der Waals surface area contributed by atoms with Crippen molar-refractivity contribution in [1.82, 2.24) is 0 Å². The molecule has 0 heterocycles. The summed E-state index contributed by atoms with van der Waals surface area (Å²) in [5, 5.41) is 20.2. The largest absolute Gasteiger partial charge is 0.499 e. The number of hydrogen-bond donors (Lipinski definition) is 2. The van der Waals surface area contributed by atoms with Gasteiger partial charge in [-0.2, -0.15) is 0 Å². The first kappa shape index (κ1) is 19.1. The molecular formula is C18H27NO4. The minimum Gasteiger partial charge on any atom is -0.499 e. The fourth-order valence-electron chi connectivity index (χ4n) is 2.06. The lowest BCUT2D eigenvalue weighted by Crippen LogP contribution is -2.40. The van der Waals surface area contributed by atoms with Crippen molar-refractivity contribution < 1.29 is 19.7 Å². The maximum absolute atomic E-state index is 10.1. The van der Waals surface area contributed by atoms with Crippen molar-refractivity contribution in [3.05, 3.63) is 55.0 Å². The Labute approximate surface area is 138 Å². The molecule has 2 atom stereocenters. The zero-order chi connectivity index (χ0) is 16.9. The first-order valence-electron chi connectivity index (χ1n) is 7.79. The van der Waals surface area contributed by atoms with E-state index in [1.54, 1.807) is 24.7 Å². The summed E-state index contributed by atoms with van der Waals surface area (Å²) in [6.45, 7) is 4.84. The van der Waals surface area contributed by atoms with Crippen LogP contribution in [0.25, 0.3) is 0 Å². The van der Waals surface area contributed by atoms with Gasteiger partial charge in [-0.25, -0.2) is 0 Å². The second-order valence-corrected chi connectivity index (χ2v) is 5.15. The Kier molecular flexibility index (Phi) is 9.59. The van der Waals surface area contributed by atoms with Crippen molar-refractivity contribution >= 4 is 5.69 Å². The van der Waals surface area contributed by atoms with Gasteiger partial charge in [-0.1, -0.05) is 30.4 Å². The fourth-order valence-corrected chi connectivity index (χ4v) is 2.06. The summed E-state index contributed by atoms with van der Waals surface area (Å²) in [6, 6.07) is 9.67. The third-order valence-electron chi connectivity index (χ3n) is 3.03. The highest BCUT2D eigenvalue weighted by molar-refractivity contribution is 5.46. The van der Waals surface area contributed by atoms with E-state index < -0.39 is 12.2 Å². The molecular weight excluding hydrogens is 294 g/mol. The molecule has 128 valence electrons. The first-order chi connectivity index (χ1) is 11.2. The van der Waals surface area contributed by atoms with E-state index in [9.17, 15) is 10.2 Å². The van der Waals surface area contributed by atoms with Crippen molar-refractivity contribution in [1.29, 1.82) is 0 Å². The van der Waals surface area contributed by atoms with Gasteiger partial charge in [-0.3, -0.25) is 0 Å². The third-order valence-corrected chi connectivity index (χ3v) is 3.03. The molecule has 2 unspecified atom stereocenters. The van der Waals surface area contributed by atoms with Crippen LogP contribution in [0.2, 0.25) is 0 Å². The zero-order valence-electron chi connectivity index (χ0n) is 13.8. The Morgan fingerprint density at radius 3 is 1.83 bits per heavy atom. The average Bonchev–Trinajstić information content (AvgIpc) is 2.55. The van der Waals surface area contributed by atoms with Crippen molar-refractivity contribution in [2.75, 3.05) is 31.2 Å². The summed E-state index contributed by atoms with van der Waals surface area (Å²) in [6.07, 6.45) is 5.32. The topological polar surface area (TPSA) is 62.2 Å². The normalized spacial score (nSPS) is 14.1. The maximum Gasteiger partial charge on any atom is 0.115 e. The molecule has 0 spiro atoms. The highest BCUT2D eigenvalue weighted by Crippen LogP contribution is 2.14. The fraction of sp³-hybridized carbons (Fsp3) is 0.444. The molecule has 0 bridgehead atoms. The number of allylic oxidation sites excluding steroid dienone is 2. The Hall–Kier alpha value is -1.98. The Morgan fingerprint density at radius 2 is 1.39 bits per heavy atom. The second kappa shape index (κ2) is 11.6. The van der Waals surface area contributed by atoms with Gasteiger partial charge in [-0.15, -0.1) is 0 Å². The maximum atomic E-state index is 10.1. The first-order valence-corrected chi connectivity index (χ1v) is 7.79. The quantitative estimate of drug-likeness (QED) is 0.613. The van der Waals surface area contributed by atoms with Crippen molar-refractivity contribution in [3.8, 4) is 0 Å². The van der Waals surface area contributed by atoms with E-state index in [1.165, 1.54) is 0 Å². The molecule has 0 radical (unpaired) electrons. The van der Waals surface area contributed by atoms with Crippen molar-refractivity contribution in [2.24, 2.45) is 0 Å². The van der Waals surface area contributed by atoms with Gasteiger partial charge in [0.25, 0.3) is 0 Å². The molecule has 0 amide bonds. The standard InChI is InChI=1S/C18H27NO4/c1-3-10-22-14-17(20)12-19(16-8-6-5-7-9-16)13-18(21)15-23-11-4-2/h3-11,17-18,20-21H,12-15H2,1-2H3/b10-3+,11-4+. The summed E-state index contributed by atoms with van der Waals surface area (Å²) in [5.74, 6) is 0. The highest BCUT2D eigenvalue weighted by Gasteiger charge is 2.16. The van der Waals surface area contributed by atoms with E-state index in [0.29, 0.717) is 13.1 Å². The molecule has 0 aliphatic carbocycles. The van der Waals surface area contributed by atoms with E-state index in [-0.39, 0.29) is 13.2 Å². The van der Waals surface area contributed by atoms with Crippen LogP contribution in [0, 0.1) is 0 Å². The predicted octanol–water partition coefficient (Wildman–Crippen LogP) is 2.32. The van der Waals surface area contributed by atoms with Gasteiger partial charge >= 0.3 is 0 Å². The molecule has 0 aliphatic rings. The molecule has 0 aromatic heterocycles. The molecule has 5 nitrogen and oxygen atoms in total. The van der Waals surface area contributed by atoms with Crippen LogP contribution in [0.3, 0.4) is 0 Å². The summed E-state index contributed by atoms with van der Waals surface area (Å²) in [5.41, 5.74) is 0.933. The molecule has 2 N–H and O–H groups in total. The molecule has 0 saturated carbocycles. The third kappa shape index (κ3) is 8.28. The van der Waals surface area contributed by atoms with Gasteiger partial charge < -0.3 is 24.6 Å². The number of aliphatic hydroxyl groups excluding tert-OH is 2. The molecule has 0 aliphatic heterocycles. The van der Waals surface area contributed by atoms with Crippen LogP contribution in [0.15, 0.2) is 55.0 Å². The number of ether oxygens (including phenoxy) is 2. The molecule has 1 aromatic carbocycles. The number of aliphatic hydroxyl groups is 2. The minimum absolute atomic E-state index is 0.207. The zero-order valence-corrected chi connectivity index (χ0v) is 13.8. The number of nitrogens with zero attached hydrogens (tertiary/aromatic N) is 1. The van der Waals surface area contributed by atoms with E-state index in [4.69, 9.17) is 9.47 Å². The summed E-state index contributed by atoms with van der Waals surface area (Å²) >= 11 is 0. The van der Waals surface area contributed by atoms with E-state index in [1.807, 2.05) is 49.1 Å². The Balaban J connectivity index is 2.62. The Bertz CT molecular complexity index is 437. The minimum atomic E-state index is -0.657. The van der Waals surface area contributed by atoms with Crippen LogP contribution >= 0.6 is 0 Å². The summed E-state index contributed by atoms with van der Waals surface area (Å²) in [7, 11) is 0. The molecule has 1 aromatic rings. The summed E-state index contributed by atoms with van der Waals surface area (Å²) in [4.78, 5) is 1.92. The molecule has 1 rings (SSSR count). The van der Waals surface area contributed by atoms with Gasteiger partial charge in [0.2, 0.25) is 0 Å². The highest BCUT2D eigenvalue weighted by atomic mass is 16.5. The predicted molar refractivity (Wildman–Crippen MR) is 92.2 cm³/mol. The monoisotopic (exact) mass is 321 g/mol. The number of benzene rings is 1. The molecule has 23 heavy (non-hydrogen) atoms. The van der Waals surface area contributed by atoms with Crippen LogP contribution in [0.1, 0.15) is 13.8 Å². The number of para-hydroxylation sites is 1. The van der Waals surface area contributed by atoms with E-state index in [2.05, 4.69) is 0 Å². The smallest absolute Gasteiger partial charge is 0.115 e. The molecule has 0 saturated heterocycles. The van der Waals surface area contributed by atoms with Gasteiger partial charge in [0.15, 0.2) is 0 Å². The lowest BCUT2D eigenvalue weighted by atomic mass is 10.2. The molecule has 0 fully saturated rings. The molecule has 5 heteroatoms. The number of hydrogen-bond acceptors (Lipinski definition) is 5. The van der Waals surface area contributed by atoms with Crippen molar-refractivity contribution in [2.45, 2.75) is 26.1 Å². The SMILES string of the molecule is C/C=C/OCC(O)CN(CC(O)CO/C=C/C)c1ccccc1. The van der Waals surface area contributed by atoms with Crippen molar-refractivity contribution in [3.63, 3.8) is 0 Å². The van der Waals surface area contributed by atoms with Crippen LogP contribution in [0.4, 0.5) is 5.69 Å². The number of rotatable bonds is 11. The van der Waals surface area contributed by atoms with Crippen LogP contribution < -0.4 is 4.90 Å². The van der Waals surface area contributed by atoms with Gasteiger partial charge in [0, 0.05) is 18.8 Å². The van der Waals surface area contributed by atoms with Crippen LogP contribution in [-0.4, -0.2) is 48.7 Å².